The number of amides is 1. The molecular formula is C9H16N2OS. The molecule has 4 heteroatoms. The number of nitrogens with zero attached hydrogens (tertiary/aromatic N) is 1. The van der Waals surface area contributed by atoms with Crippen LogP contribution in [0.5, 0.6) is 0 Å². The van der Waals surface area contributed by atoms with E-state index in [4.69, 9.17) is 18.0 Å². The number of thiocarbonyl (C=S) groups is 1. The van der Waals surface area contributed by atoms with Crippen LogP contribution in [0.25, 0.3) is 0 Å². The Labute approximate surface area is 84.3 Å². The van der Waals surface area contributed by atoms with Crippen molar-refractivity contribution >= 4 is 23.1 Å². The first-order valence-electron chi connectivity index (χ1n) is 4.58. The van der Waals surface area contributed by atoms with E-state index in [0.717, 1.165) is 13.0 Å². The quantitative estimate of drug-likeness (QED) is 0.674. The lowest BCUT2D eigenvalue weighted by molar-refractivity contribution is -0.130. The topological polar surface area (TPSA) is 46.3 Å². The average Bonchev–Trinajstić information content (AvgIpc) is 2.28. The van der Waals surface area contributed by atoms with Crippen molar-refractivity contribution in [3.63, 3.8) is 0 Å². The van der Waals surface area contributed by atoms with Crippen LogP contribution in [-0.2, 0) is 4.79 Å². The van der Waals surface area contributed by atoms with Crippen molar-refractivity contribution in [1.29, 1.82) is 0 Å². The van der Waals surface area contributed by atoms with Gasteiger partial charge in [-0.05, 0) is 19.3 Å². The Morgan fingerprint density at radius 3 is 2.62 bits per heavy atom. The van der Waals surface area contributed by atoms with Crippen LogP contribution in [0.15, 0.2) is 0 Å². The van der Waals surface area contributed by atoms with Gasteiger partial charge in [-0.1, -0.05) is 19.1 Å². The van der Waals surface area contributed by atoms with Crippen molar-refractivity contribution < 1.29 is 4.79 Å². The second kappa shape index (κ2) is 4.05. The number of hydrogen-bond donors (Lipinski definition) is 1. The number of likely N-dealkylation sites (tertiary alicyclic amines) is 1. The zero-order valence-electron chi connectivity index (χ0n) is 8.12. The molecule has 0 aromatic carbocycles. The predicted octanol–water partition coefficient (Wildman–Crippen LogP) is 0.920. The van der Waals surface area contributed by atoms with Crippen LogP contribution in [0.4, 0.5) is 0 Å². The van der Waals surface area contributed by atoms with Gasteiger partial charge in [0.05, 0.1) is 11.4 Å². The van der Waals surface area contributed by atoms with Crippen LogP contribution < -0.4 is 5.73 Å². The molecule has 2 unspecified atom stereocenters. The molecule has 0 aromatic rings. The van der Waals surface area contributed by atoms with Gasteiger partial charge in [0.25, 0.3) is 0 Å². The van der Waals surface area contributed by atoms with E-state index in [9.17, 15) is 4.79 Å². The SMILES string of the molecule is CC1CC(C)N(C(=O)CC(N)=S)C1. The van der Waals surface area contributed by atoms with Crippen molar-refractivity contribution in [3.8, 4) is 0 Å². The van der Waals surface area contributed by atoms with Gasteiger partial charge in [-0.2, -0.15) is 0 Å². The zero-order valence-corrected chi connectivity index (χ0v) is 8.93. The van der Waals surface area contributed by atoms with Crippen LogP contribution >= 0.6 is 12.2 Å². The first-order chi connectivity index (χ1) is 6.00. The maximum atomic E-state index is 11.6. The van der Waals surface area contributed by atoms with Crippen LogP contribution in [0.3, 0.4) is 0 Å². The fraction of sp³-hybridized carbons (Fsp3) is 0.778. The van der Waals surface area contributed by atoms with Crippen molar-refractivity contribution in [1.82, 2.24) is 4.90 Å². The molecule has 2 N–H and O–H groups in total. The van der Waals surface area contributed by atoms with E-state index in [2.05, 4.69) is 13.8 Å². The smallest absolute Gasteiger partial charge is 0.229 e. The van der Waals surface area contributed by atoms with Crippen LogP contribution in [0.2, 0.25) is 0 Å². The molecule has 2 atom stereocenters. The summed E-state index contributed by atoms with van der Waals surface area (Å²) in [6.07, 6.45) is 1.30. The molecule has 1 aliphatic rings. The van der Waals surface area contributed by atoms with Gasteiger partial charge in [-0.3, -0.25) is 4.79 Å². The summed E-state index contributed by atoms with van der Waals surface area (Å²) in [5, 5.41) is 0. The van der Waals surface area contributed by atoms with E-state index >= 15 is 0 Å². The minimum atomic E-state index is 0.0735. The highest BCUT2D eigenvalue weighted by Gasteiger charge is 2.29. The molecular weight excluding hydrogens is 184 g/mol. The molecule has 0 spiro atoms. The van der Waals surface area contributed by atoms with Crippen molar-refractivity contribution in [3.05, 3.63) is 0 Å². The van der Waals surface area contributed by atoms with Crippen LogP contribution in [-0.4, -0.2) is 28.4 Å². The van der Waals surface area contributed by atoms with Crippen LogP contribution in [0, 0.1) is 5.92 Å². The van der Waals surface area contributed by atoms with Gasteiger partial charge in [0.1, 0.15) is 0 Å². The highest BCUT2D eigenvalue weighted by atomic mass is 32.1. The highest BCUT2D eigenvalue weighted by molar-refractivity contribution is 7.80. The molecule has 13 heavy (non-hydrogen) atoms. The minimum absolute atomic E-state index is 0.0735. The predicted molar refractivity (Wildman–Crippen MR) is 56.4 cm³/mol. The van der Waals surface area contributed by atoms with E-state index in [1.165, 1.54) is 0 Å². The first-order valence-corrected chi connectivity index (χ1v) is 4.99. The Kier molecular flexibility index (Phi) is 3.25. The maximum Gasteiger partial charge on any atom is 0.229 e. The normalized spacial score (nSPS) is 27.7. The van der Waals surface area contributed by atoms with Gasteiger partial charge in [0.15, 0.2) is 0 Å². The average molecular weight is 200 g/mol. The number of nitrogens with two attached hydrogens (primary N) is 1. The van der Waals surface area contributed by atoms with Gasteiger partial charge in [-0.15, -0.1) is 0 Å². The van der Waals surface area contributed by atoms with E-state index < -0.39 is 0 Å². The Morgan fingerprint density at radius 1 is 1.62 bits per heavy atom. The summed E-state index contributed by atoms with van der Waals surface area (Å²) in [5.41, 5.74) is 5.33. The van der Waals surface area contributed by atoms with Gasteiger partial charge < -0.3 is 10.6 Å². The maximum absolute atomic E-state index is 11.6. The second-order valence-electron chi connectivity index (χ2n) is 3.88. The van der Waals surface area contributed by atoms with Crippen molar-refractivity contribution in [2.45, 2.75) is 32.7 Å². The molecule has 74 valence electrons. The lowest BCUT2D eigenvalue weighted by Crippen LogP contribution is -2.36. The number of carbonyl (C=O) groups is 1. The number of carbonyl (C=O) groups excluding carboxylic acids is 1. The second-order valence-corrected chi connectivity index (χ2v) is 4.40. The van der Waals surface area contributed by atoms with E-state index in [-0.39, 0.29) is 17.3 Å². The fourth-order valence-electron chi connectivity index (χ4n) is 1.90. The Bertz CT molecular complexity index is 230. The van der Waals surface area contributed by atoms with E-state index in [0.29, 0.717) is 12.0 Å². The largest absolute Gasteiger partial charge is 0.393 e. The molecule has 0 bridgehead atoms. The van der Waals surface area contributed by atoms with Crippen molar-refractivity contribution in [2.75, 3.05) is 6.54 Å². The third kappa shape index (κ3) is 2.66. The minimum Gasteiger partial charge on any atom is -0.393 e. The fourth-order valence-corrected chi connectivity index (χ4v) is 2.02. The summed E-state index contributed by atoms with van der Waals surface area (Å²) in [7, 11) is 0. The van der Waals surface area contributed by atoms with Crippen LogP contribution in [0.1, 0.15) is 26.7 Å². The number of rotatable bonds is 2. The Hall–Kier alpha value is -0.640. The summed E-state index contributed by atoms with van der Waals surface area (Å²) < 4.78 is 0. The number of hydrogen-bond acceptors (Lipinski definition) is 2. The summed E-state index contributed by atoms with van der Waals surface area (Å²) >= 11 is 4.71. The molecule has 0 aliphatic carbocycles. The third-order valence-electron chi connectivity index (χ3n) is 2.43. The lowest BCUT2D eigenvalue weighted by atomic mass is 10.1. The Balaban J connectivity index is 2.52. The summed E-state index contributed by atoms with van der Waals surface area (Å²) in [5.74, 6) is 0.676. The van der Waals surface area contributed by atoms with Gasteiger partial charge in [-0.25, -0.2) is 0 Å². The molecule has 0 aromatic heterocycles. The molecule has 1 heterocycles. The standard InChI is InChI=1S/C9H16N2OS/c1-6-3-7(2)11(5-6)9(12)4-8(10)13/h6-7H,3-5H2,1-2H3,(H2,10,13). The van der Waals surface area contributed by atoms with Crippen molar-refractivity contribution in [2.24, 2.45) is 11.7 Å². The molecule has 3 nitrogen and oxygen atoms in total. The summed E-state index contributed by atoms with van der Waals surface area (Å²) in [4.78, 5) is 13.7. The molecule has 0 radical (unpaired) electrons. The highest BCUT2D eigenvalue weighted by Crippen LogP contribution is 2.22. The molecule has 1 saturated heterocycles. The molecule has 1 rings (SSSR count). The van der Waals surface area contributed by atoms with E-state index in [1.807, 2.05) is 4.90 Å². The lowest BCUT2D eigenvalue weighted by Gasteiger charge is -2.20. The first kappa shape index (κ1) is 10.4. The van der Waals surface area contributed by atoms with Gasteiger partial charge >= 0.3 is 0 Å². The zero-order chi connectivity index (χ0) is 10.0. The summed E-state index contributed by atoms with van der Waals surface area (Å²) in [6.45, 7) is 5.08. The van der Waals surface area contributed by atoms with E-state index in [1.54, 1.807) is 0 Å². The van der Waals surface area contributed by atoms with Gasteiger partial charge in [0.2, 0.25) is 5.91 Å². The van der Waals surface area contributed by atoms with Gasteiger partial charge in [0, 0.05) is 12.6 Å². The Morgan fingerprint density at radius 2 is 2.23 bits per heavy atom. The molecule has 1 fully saturated rings. The molecule has 0 saturated carbocycles. The molecule has 1 amide bonds. The monoisotopic (exact) mass is 200 g/mol. The molecule has 1 aliphatic heterocycles. The third-order valence-corrected chi connectivity index (χ3v) is 2.57. The summed E-state index contributed by atoms with van der Waals surface area (Å²) in [6, 6.07) is 0.344.